The molecule has 1 amide bonds. The second kappa shape index (κ2) is 7.90. The summed E-state index contributed by atoms with van der Waals surface area (Å²) in [5.41, 5.74) is 0.475. The molecule has 0 radical (unpaired) electrons. The van der Waals surface area contributed by atoms with E-state index in [0.29, 0.717) is 11.4 Å². The van der Waals surface area contributed by atoms with Crippen molar-refractivity contribution in [1.29, 1.82) is 0 Å². The van der Waals surface area contributed by atoms with Crippen molar-refractivity contribution in [3.63, 3.8) is 0 Å². The van der Waals surface area contributed by atoms with Crippen LogP contribution < -0.4 is 5.32 Å². The lowest BCUT2D eigenvalue weighted by Crippen LogP contribution is -2.44. The predicted molar refractivity (Wildman–Crippen MR) is 96.9 cm³/mol. The van der Waals surface area contributed by atoms with Crippen LogP contribution in [-0.4, -0.2) is 38.3 Å². The number of rotatable bonds is 6. The van der Waals surface area contributed by atoms with Crippen molar-refractivity contribution in [2.75, 3.05) is 0 Å². The molecule has 0 aliphatic carbocycles. The minimum atomic E-state index is -1.20. The second-order valence-corrected chi connectivity index (χ2v) is 6.88. The van der Waals surface area contributed by atoms with Crippen LogP contribution in [0.15, 0.2) is 42.6 Å². The summed E-state index contributed by atoms with van der Waals surface area (Å²) < 4.78 is 6.81. The molecular formula is C18H21N3O6. The van der Waals surface area contributed by atoms with E-state index in [0.717, 1.165) is 0 Å². The van der Waals surface area contributed by atoms with E-state index in [4.69, 9.17) is 4.74 Å². The number of amides is 1. The summed E-state index contributed by atoms with van der Waals surface area (Å²) in [7, 11) is 0. The monoisotopic (exact) mass is 375 g/mol. The van der Waals surface area contributed by atoms with Gasteiger partial charge in [-0.2, -0.15) is 0 Å². The number of hydrogen-bond acceptors (Lipinski definition) is 5. The van der Waals surface area contributed by atoms with Crippen LogP contribution in [0.2, 0.25) is 0 Å². The standard InChI is InChI=1S/C18H21N3O6/c1-18(2,3)27-17(24)19-15(16(22)23)11-14-5-4-10-20(14)12-6-8-13(9-7-12)21(25)26/h4-10,15H,11H2,1-3H3,(H,19,24)(H,22,23). The highest BCUT2D eigenvalue weighted by Crippen LogP contribution is 2.18. The zero-order valence-electron chi connectivity index (χ0n) is 15.2. The van der Waals surface area contributed by atoms with Crippen LogP contribution in [0.25, 0.3) is 5.69 Å². The minimum absolute atomic E-state index is 0.0125. The van der Waals surface area contributed by atoms with Crippen LogP contribution in [0.3, 0.4) is 0 Å². The highest BCUT2D eigenvalue weighted by Gasteiger charge is 2.25. The number of non-ortho nitro benzene ring substituents is 1. The summed E-state index contributed by atoms with van der Waals surface area (Å²) in [6.07, 6.45) is 0.907. The highest BCUT2D eigenvalue weighted by molar-refractivity contribution is 5.80. The summed E-state index contributed by atoms with van der Waals surface area (Å²) in [4.78, 5) is 33.7. The third kappa shape index (κ3) is 5.56. The fourth-order valence-electron chi connectivity index (χ4n) is 2.43. The molecule has 0 saturated carbocycles. The molecule has 1 aromatic heterocycles. The van der Waals surface area contributed by atoms with Crippen molar-refractivity contribution in [3.8, 4) is 5.69 Å². The van der Waals surface area contributed by atoms with Gasteiger partial charge < -0.3 is 19.7 Å². The Morgan fingerprint density at radius 3 is 2.41 bits per heavy atom. The summed E-state index contributed by atoms with van der Waals surface area (Å²) in [6, 6.07) is 8.13. The van der Waals surface area contributed by atoms with Crippen LogP contribution in [0, 0.1) is 10.1 Å². The van der Waals surface area contributed by atoms with Gasteiger partial charge >= 0.3 is 12.1 Å². The maximum absolute atomic E-state index is 11.9. The van der Waals surface area contributed by atoms with E-state index < -0.39 is 28.6 Å². The normalized spacial score (nSPS) is 12.3. The maximum Gasteiger partial charge on any atom is 0.408 e. The smallest absolute Gasteiger partial charge is 0.408 e. The number of nitro groups is 1. The lowest BCUT2D eigenvalue weighted by atomic mass is 10.1. The Labute approximate surface area is 155 Å². The Morgan fingerprint density at radius 1 is 1.26 bits per heavy atom. The van der Waals surface area contributed by atoms with E-state index in [1.807, 2.05) is 0 Å². The van der Waals surface area contributed by atoms with E-state index in [9.17, 15) is 24.8 Å². The number of nitrogens with one attached hydrogen (secondary N) is 1. The number of carbonyl (C=O) groups excluding carboxylic acids is 1. The quantitative estimate of drug-likeness (QED) is 0.591. The molecule has 0 aliphatic heterocycles. The molecule has 1 heterocycles. The zero-order chi connectivity index (χ0) is 20.2. The van der Waals surface area contributed by atoms with Crippen LogP contribution >= 0.6 is 0 Å². The van der Waals surface area contributed by atoms with Crippen molar-refractivity contribution in [2.45, 2.75) is 38.8 Å². The molecule has 2 N–H and O–H groups in total. The third-order valence-corrected chi connectivity index (χ3v) is 3.57. The lowest BCUT2D eigenvalue weighted by molar-refractivity contribution is -0.384. The summed E-state index contributed by atoms with van der Waals surface area (Å²) >= 11 is 0. The number of carbonyl (C=O) groups is 2. The van der Waals surface area contributed by atoms with Gasteiger partial charge in [-0.1, -0.05) is 0 Å². The molecule has 0 fully saturated rings. The van der Waals surface area contributed by atoms with Gasteiger partial charge in [-0.25, -0.2) is 9.59 Å². The van der Waals surface area contributed by atoms with Crippen LogP contribution in [0.4, 0.5) is 10.5 Å². The fourth-order valence-corrected chi connectivity index (χ4v) is 2.43. The molecule has 27 heavy (non-hydrogen) atoms. The molecule has 2 rings (SSSR count). The number of alkyl carbamates (subject to hydrolysis) is 1. The number of benzene rings is 1. The second-order valence-electron chi connectivity index (χ2n) is 6.88. The summed E-state index contributed by atoms with van der Waals surface area (Å²) in [5.74, 6) is -1.20. The molecule has 1 aromatic carbocycles. The predicted octanol–water partition coefficient (Wildman–Crippen LogP) is 2.91. The average Bonchev–Trinajstić information content (AvgIpc) is 3.00. The molecule has 0 bridgehead atoms. The summed E-state index contributed by atoms with van der Waals surface area (Å²) in [6.45, 7) is 5.05. The molecule has 9 nitrogen and oxygen atoms in total. The topological polar surface area (TPSA) is 124 Å². The average molecular weight is 375 g/mol. The van der Waals surface area contributed by atoms with Gasteiger partial charge in [0, 0.05) is 36.1 Å². The molecule has 1 atom stereocenters. The number of carboxylic acids is 1. The van der Waals surface area contributed by atoms with Crippen molar-refractivity contribution in [3.05, 3.63) is 58.4 Å². The Balaban J connectivity index is 2.18. The Bertz CT molecular complexity index is 836. The molecule has 144 valence electrons. The molecular weight excluding hydrogens is 354 g/mol. The van der Waals surface area contributed by atoms with Crippen molar-refractivity contribution >= 4 is 17.7 Å². The highest BCUT2D eigenvalue weighted by atomic mass is 16.6. The van der Waals surface area contributed by atoms with E-state index in [1.165, 1.54) is 12.1 Å². The number of nitro benzene ring substituents is 1. The van der Waals surface area contributed by atoms with Crippen molar-refractivity contribution in [1.82, 2.24) is 9.88 Å². The van der Waals surface area contributed by atoms with Crippen LogP contribution in [0.1, 0.15) is 26.5 Å². The van der Waals surface area contributed by atoms with Gasteiger partial charge in [-0.15, -0.1) is 0 Å². The first kappa shape index (κ1) is 20.0. The summed E-state index contributed by atoms with van der Waals surface area (Å²) in [5, 5.41) is 22.5. The minimum Gasteiger partial charge on any atom is -0.480 e. The number of ether oxygens (including phenoxy) is 1. The van der Waals surface area contributed by atoms with Gasteiger partial charge in [0.2, 0.25) is 0 Å². The zero-order valence-corrected chi connectivity index (χ0v) is 15.2. The van der Waals surface area contributed by atoms with Gasteiger partial charge in [0.05, 0.1) is 4.92 Å². The van der Waals surface area contributed by atoms with Gasteiger partial charge in [-0.05, 0) is 45.0 Å². The molecule has 2 aromatic rings. The van der Waals surface area contributed by atoms with Crippen LogP contribution in [0.5, 0.6) is 0 Å². The largest absolute Gasteiger partial charge is 0.480 e. The van der Waals surface area contributed by atoms with E-state index >= 15 is 0 Å². The maximum atomic E-state index is 11.9. The van der Waals surface area contributed by atoms with Gasteiger partial charge in [0.15, 0.2) is 0 Å². The Kier molecular flexibility index (Phi) is 5.84. The van der Waals surface area contributed by atoms with Gasteiger partial charge in [-0.3, -0.25) is 10.1 Å². The molecule has 0 aliphatic rings. The molecule has 1 unspecified atom stereocenters. The Morgan fingerprint density at radius 2 is 1.89 bits per heavy atom. The number of carboxylic acid groups (broad SMARTS) is 1. The number of nitrogens with zero attached hydrogens (tertiary/aromatic N) is 2. The number of hydrogen-bond donors (Lipinski definition) is 2. The van der Waals surface area contributed by atoms with Crippen LogP contribution in [-0.2, 0) is 16.0 Å². The SMILES string of the molecule is CC(C)(C)OC(=O)NC(Cc1cccn1-c1ccc([N+](=O)[O-])cc1)C(=O)O. The first-order chi connectivity index (χ1) is 12.6. The number of aliphatic carboxylic acids is 1. The van der Waals surface area contributed by atoms with E-state index in [1.54, 1.807) is 55.8 Å². The first-order valence-corrected chi connectivity index (χ1v) is 8.20. The van der Waals surface area contributed by atoms with Crippen molar-refractivity contribution in [2.24, 2.45) is 0 Å². The van der Waals surface area contributed by atoms with E-state index in [2.05, 4.69) is 5.32 Å². The van der Waals surface area contributed by atoms with E-state index in [-0.39, 0.29) is 12.1 Å². The van der Waals surface area contributed by atoms with Crippen molar-refractivity contribution < 1.29 is 24.4 Å². The fraction of sp³-hybridized carbons (Fsp3) is 0.333. The third-order valence-electron chi connectivity index (χ3n) is 3.57. The van der Waals surface area contributed by atoms with Gasteiger partial charge in [0.1, 0.15) is 11.6 Å². The molecule has 0 spiro atoms. The Hall–Kier alpha value is -3.36. The molecule has 9 heteroatoms. The van der Waals surface area contributed by atoms with Gasteiger partial charge in [0.25, 0.3) is 5.69 Å². The lowest BCUT2D eigenvalue weighted by Gasteiger charge is -2.22. The number of aromatic nitrogens is 1. The molecule has 0 saturated heterocycles. The first-order valence-electron chi connectivity index (χ1n) is 8.20.